The van der Waals surface area contributed by atoms with Crippen molar-refractivity contribution in [2.24, 2.45) is 4.99 Å². The number of carboxylic acid groups (broad SMARTS) is 1. The first-order valence-electron chi connectivity index (χ1n) is 15.5. The molecule has 0 spiro atoms. The molecule has 2 aromatic carbocycles. The van der Waals surface area contributed by atoms with Crippen LogP contribution in [-0.2, 0) is 35.9 Å². The van der Waals surface area contributed by atoms with Crippen LogP contribution in [0, 0.1) is 17.9 Å². The molecular formula is C35H34N4O9S2. The number of aliphatic hydroxyl groups excluding tert-OH is 1. The molecule has 5 rings (SSSR count). The van der Waals surface area contributed by atoms with Crippen LogP contribution in [0.4, 0.5) is 11.4 Å². The fraction of sp³-hybridized carbons (Fsp3) is 0.314. The van der Waals surface area contributed by atoms with Crippen LogP contribution < -0.4 is 4.90 Å². The number of nitrogens with zero attached hydrogens (tertiary/aromatic N) is 4. The van der Waals surface area contributed by atoms with E-state index in [1.807, 2.05) is 44.2 Å². The van der Waals surface area contributed by atoms with Crippen molar-refractivity contribution in [3.63, 3.8) is 0 Å². The quantitative estimate of drug-likeness (QED) is 0.0924. The molecule has 0 unspecified atom stereocenters. The maximum absolute atomic E-state index is 12.3. The SMILES string of the molecule is [C-]#[N+]/C(C#N)=C1/C(=CC2=Nc3c(S(=O)(=O)O)ccc(S(=O)(=O)O)c3C2(C)C)C(O)=C1C=C1N(CCCCCC(=O)O)c2ccccc2C1(C)C. The molecule has 1 aliphatic carbocycles. The molecule has 0 bridgehead atoms. The number of unbranched alkanes of at least 4 members (excludes halogenated alkanes) is 2. The van der Waals surface area contributed by atoms with Gasteiger partial charge in [-0.1, -0.05) is 52.3 Å². The highest BCUT2D eigenvalue weighted by Crippen LogP contribution is 2.52. The first kappa shape index (κ1) is 36.2. The van der Waals surface area contributed by atoms with Crippen LogP contribution in [0.5, 0.6) is 0 Å². The summed E-state index contributed by atoms with van der Waals surface area (Å²) in [6, 6.07) is 11.3. The molecule has 0 fully saturated rings. The summed E-state index contributed by atoms with van der Waals surface area (Å²) in [4.78, 5) is 19.5. The Balaban J connectivity index is 1.66. The smallest absolute Gasteiger partial charge is 0.303 e. The third kappa shape index (κ3) is 6.14. The summed E-state index contributed by atoms with van der Waals surface area (Å²) in [5, 5.41) is 30.5. The van der Waals surface area contributed by atoms with Gasteiger partial charge in [-0.25, -0.2) is 10.1 Å². The van der Waals surface area contributed by atoms with Crippen molar-refractivity contribution in [1.29, 1.82) is 5.26 Å². The highest BCUT2D eigenvalue weighted by molar-refractivity contribution is 7.86. The Morgan fingerprint density at radius 3 is 2.22 bits per heavy atom. The van der Waals surface area contributed by atoms with E-state index in [4.69, 9.17) is 11.7 Å². The van der Waals surface area contributed by atoms with Crippen LogP contribution in [0.1, 0.15) is 64.5 Å². The largest absolute Gasteiger partial charge is 0.507 e. The van der Waals surface area contributed by atoms with Crippen molar-refractivity contribution < 1.29 is 40.9 Å². The van der Waals surface area contributed by atoms with Gasteiger partial charge in [-0.3, -0.25) is 18.9 Å². The molecule has 0 radical (unpaired) electrons. The number of hydrogen-bond donors (Lipinski definition) is 4. The predicted molar refractivity (Wildman–Crippen MR) is 184 cm³/mol. The number of rotatable bonds is 10. The van der Waals surface area contributed by atoms with Crippen molar-refractivity contribution >= 4 is 43.3 Å². The van der Waals surface area contributed by atoms with Gasteiger partial charge in [-0.15, -0.1) is 0 Å². The number of carbonyl (C=O) groups is 1. The fourth-order valence-corrected chi connectivity index (χ4v) is 8.25. The van der Waals surface area contributed by atoms with E-state index in [9.17, 15) is 41.1 Å². The molecule has 260 valence electrons. The topological polar surface area (TPSA) is 210 Å². The Kier molecular flexibility index (Phi) is 9.19. The second-order valence-corrected chi connectivity index (χ2v) is 15.9. The van der Waals surface area contributed by atoms with Gasteiger partial charge in [0.2, 0.25) is 0 Å². The first-order chi connectivity index (χ1) is 23.3. The number of allylic oxidation sites excluding steroid dienone is 6. The van der Waals surface area contributed by atoms with Crippen molar-refractivity contribution in [3.8, 4) is 6.07 Å². The number of nitriles is 1. The van der Waals surface area contributed by atoms with E-state index < -0.39 is 52.5 Å². The summed E-state index contributed by atoms with van der Waals surface area (Å²) in [6.07, 6.45) is 4.95. The number of benzene rings is 2. The zero-order valence-corrected chi connectivity index (χ0v) is 29.2. The first-order valence-corrected chi connectivity index (χ1v) is 18.3. The summed E-state index contributed by atoms with van der Waals surface area (Å²) in [5.41, 5.74) is 0.0880. The van der Waals surface area contributed by atoms with E-state index >= 15 is 0 Å². The Bertz CT molecular complexity index is 2300. The zero-order chi connectivity index (χ0) is 37.0. The number of hydrogen-bond acceptors (Lipinski definition) is 9. The minimum absolute atomic E-state index is 0.0260. The van der Waals surface area contributed by atoms with Gasteiger partial charge in [0.25, 0.3) is 25.9 Å². The Morgan fingerprint density at radius 2 is 1.62 bits per heavy atom. The third-order valence-corrected chi connectivity index (χ3v) is 11.1. The van der Waals surface area contributed by atoms with Gasteiger partial charge in [-0.2, -0.15) is 16.8 Å². The van der Waals surface area contributed by atoms with E-state index in [1.54, 1.807) is 6.08 Å². The average Bonchev–Trinajstić information content (AvgIpc) is 3.41. The molecule has 0 aromatic heterocycles. The molecule has 13 nitrogen and oxygen atoms in total. The molecule has 0 saturated heterocycles. The van der Waals surface area contributed by atoms with Crippen LogP contribution in [0.3, 0.4) is 0 Å². The molecule has 2 aromatic rings. The van der Waals surface area contributed by atoms with E-state index in [2.05, 4.69) is 14.7 Å². The Labute approximate surface area is 290 Å². The van der Waals surface area contributed by atoms with E-state index in [1.165, 1.54) is 19.9 Å². The molecule has 2 heterocycles. The lowest BCUT2D eigenvalue weighted by atomic mass is 9.75. The Hall–Kier alpha value is -5.06. The van der Waals surface area contributed by atoms with E-state index in [-0.39, 0.29) is 45.9 Å². The third-order valence-electron chi connectivity index (χ3n) is 9.29. The van der Waals surface area contributed by atoms with Gasteiger partial charge in [0.1, 0.15) is 15.6 Å². The van der Waals surface area contributed by atoms with Gasteiger partial charge in [0.05, 0.1) is 24.0 Å². The second-order valence-electron chi connectivity index (χ2n) is 13.2. The van der Waals surface area contributed by atoms with Crippen LogP contribution >= 0.6 is 0 Å². The van der Waals surface area contributed by atoms with Gasteiger partial charge in [0, 0.05) is 57.5 Å². The summed E-state index contributed by atoms with van der Waals surface area (Å²) < 4.78 is 68.9. The molecule has 0 amide bonds. The standard InChI is InChI=1S/C35H34N4O9S2/c1-34(2)22-11-8-9-12-24(22)39(16-10-6-7-13-29(40)41)28(34)18-21-30(23(19-36)37-5)20(33(21)42)17-27-35(3,4)31-25(49(43,44)45)14-15-26(32(31)38-27)50(46,47)48/h8-9,11-12,14-15,17-18,42H,6-7,10,13,16H2,1-4H3,(H,40,41)(H,43,44,45)(H,46,47,48)/b20-17?,28-18?,30-23-. The molecule has 50 heavy (non-hydrogen) atoms. The normalized spacial score (nSPS) is 20.2. The molecule has 15 heteroatoms. The van der Waals surface area contributed by atoms with Crippen molar-refractivity contribution in [2.75, 3.05) is 11.4 Å². The highest BCUT2D eigenvalue weighted by atomic mass is 32.2. The van der Waals surface area contributed by atoms with Crippen LogP contribution in [-0.4, -0.2) is 54.4 Å². The van der Waals surface area contributed by atoms with Gasteiger partial charge >= 0.3 is 5.97 Å². The maximum atomic E-state index is 12.3. The molecule has 0 atom stereocenters. The molecule has 3 aliphatic rings. The molecular weight excluding hydrogens is 685 g/mol. The predicted octanol–water partition coefficient (Wildman–Crippen LogP) is 6.32. The van der Waals surface area contributed by atoms with Gasteiger partial charge < -0.3 is 15.1 Å². The highest BCUT2D eigenvalue weighted by Gasteiger charge is 2.45. The average molecular weight is 719 g/mol. The number of aliphatic carboxylic acids is 1. The number of aliphatic hydroxyl groups is 1. The van der Waals surface area contributed by atoms with Crippen LogP contribution in [0.25, 0.3) is 4.85 Å². The summed E-state index contributed by atoms with van der Waals surface area (Å²) in [6.45, 7) is 15.3. The lowest BCUT2D eigenvalue weighted by Crippen LogP contribution is -2.29. The van der Waals surface area contributed by atoms with E-state index in [0.717, 1.165) is 29.1 Å². The zero-order valence-electron chi connectivity index (χ0n) is 27.6. The number of carboxylic acids is 1. The second kappa shape index (κ2) is 12.7. The van der Waals surface area contributed by atoms with Crippen LogP contribution in [0.15, 0.2) is 97.2 Å². The number of para-hydroxylation sites is 1. The monoisotopic (exact) mass is 718 g/mol. The van der Waals surface area contributed by atoms with Crippen LogP contribution in [0.2, 0.25) is 0 Å². The number of anilines is 1. The minimum Gasteiger partial charge on any atom is -0.507 e. The number of aliphatic imine (C=N–C) groups is 1. The summed E-state index contributed by atoms with van der Waals surface area (Å²) in [7, 11) is -9.78. The van der Waals surface area contributed by atoms with Gasteiger partial charge in [-0.05, 0) is 48.8 Å². The fourth-order valence-electron chi connectivity index (χ4n) is 6.77. The molecule has 4 N–H and O–H groups in total. The van der Waals surface area contributed by atoms with Gasteiger partial charge in [0.15, 0.2) is 0 Å². The molecule has 0 saturated carbocycles. The maximum Gasteiger partial charge on any atom is 0.303 e. The van der Waals surface area contributed by atoms with Crippen molar-refractivity contribution in [1.82, 2.24) is 0 Å². The lowest BCUT2D eigenvalue weighted by molar-refractivity contribution is -0.137. The van der Waals surface area contributed by atoms with Crippen molar-refractivity contribution in [3.05, 3.63) is 105 Å². The summed E-state index contributed by atoms with van der Waals surface area (Å²) in [5.74, 6) is -1.16. The van der Waals surface area contributed by atoms with E-state index in [0.29, 0.717) is 25.8 Å². The van der Waals surface area contributed by atoms with Crippen molar-refractivity contribution in [2.45, 2.75) is 74.0 Å². The molecule has 2 aliphatic heterocycles. The minimum atomic E-state index is -4.90. The number of fused-ring (bicyclic) bond motifs is 2. The lowest BCUT2D eigenvalue weighted by Gasteiger charge is -2.32. The Morgan fingerprint density at radius 1 is 0.980 bits per heavy atom. The summed E-state index contributed by atoms with van der Waals surface area (Å²) >= 11 is 0.